The molecule has 2 aromatic carbocycles. The maximum absolute atomic E-state index is 12.2. The Morgan fingerprint density at radius 1 is 1.00 bits per heavy atom. The van der Waals surface area contributed by atoms with Gasteiger partial charge < -0.3 is 15.1 Å². The van der Waals surface area contributed by atoms with Gasteiger partial charge in [0, 0.05) is 44.0 Å². The largest absolute Gasteiger partial charge is 0.369 e. The van der Waals surface area contributed by atoms with Crippen LogP contribution in [0.4, 0.5) is 5.69 Å². The van der Waals surface area contributed by atoms with E-state index in [2.05, 4.69) is 46.4 Å². The molecule has 6 heteroatoms. The van der Waals surface area contributed by atoms with Gasteiger partial charge in [-0.25, -0.2) is 0 Å². The Kier molecular flexibility index (Phi) is 6.41. The van der Waals surface area contributed by atoms with Crippen LogP contribution in [0, 0.1) is 0 Å². The highest BCUT2D eigenvalue weighted by atomic mass is 35.5. The van der Waals surface area contributed by atoms with Crippen LogP contribution in [0.25, 0.3) is 0 Å². The Labute approximate surface area is 164 Å². The molecular formula is C20H23Cl2N3O. The molecule has 1 saturated heterocycles. The highest BCUT2D eigenvalue weighted by Crippen LogP contribution is 2.22. The Bertz CT molecular complexity index is 756. The summed E-state index contributed by atoms with van der Waals surface area (Å²) in [5.41, 5.74) is 2.99. The number of amides is 1. The standard InChI is InChI=1S/C20H23Cl2N3O/c1-24-10-12-25(13-11-24)17-5-2-15(3-6-17)8-9-23-20(26)16-4-7-18(21)19(22)14-16/h2-7,14H,8-13H2,1H3,(H,23,26). The minimum Gasteiger partial charge on any atom is -0.369 e. The van der Waals surface area contributed by atoms with Crippen molar-refractivity contribution in [2.24, 2.45) is 0 Å². The molecule has 0 atom stereocenters. The molecule has 0 spiro atoms. The summed E-state index contributed by atoms with van der Waals surface area (Å²) in [4.78, 5) is 16.9. The van der Waals surface area contributed by atoms with Gasteiger partial charge in [-0.2, -0.15) is 0 Å². The van der Waals surface area contributed by atoms with E-state index < -0.39 is 0 Å². The van der Waals surface area contributed by atoms with Crippen molar-refractivity contribution >= 4 is 34.8 Å². The van der Waals surface area contributed by atoms with Crippen molar-refractivity contribution < 1.29 is 4.79 Å². The van der Waals surface area contributed by atoms with Crippen LogP contribution >= 0.6 is 23.2 Å². The summed E-state index contributed by atoms with van der Waals surface area (Å²) in [6, 6.07) is 13.5. The number of benzene rings is 2. The summed E-state index contributed by atoms with van der Waals surface area (Å²) in [6.07, 6.45) is 0.788. The summed E-state index contributed by atoms with van der Waals surface area (Å²) in [5.74, 6) is -0.141. The van der Waals surface area contributed by atoms with Gasteiger partial charge in [0.1, 0.15) is 0 Å². The summed E-state index contributed by atoms with van der Waals surface area (Å²) < 4.78 is 0. The van der Waals surface area contributed by atoms with E-state index >= 15 is 0 Å². The molecule has 1 aliphatic heterocycles. The van der Waals surface area contributed by atoms with Gasteiger partial charge >= 0.3 is 0 Å². The van der Waals surface area contributed by atoms with Gasteiger partial charge in [0.05, 0.1) is 10.0 Å². The summed E-state index contributed by atoms with van der Waals surface area (Å²) in [5, 5.41) is 3.76. The van der Waals surface area contributed by atoms with Crippen LogP contribution in [0.3, 0.4) is 0 Å². The van der Waals surface area contributed by atoms with Crippen LogP contribution in [0.1, 0.15) is 15.9 Å². The van der Waals surface area contributed by atoms with E-state index in [0.717, 1.165) is 32.6 Å². The summed E-state index contributed by atoms with van der Waals surface area (Å²) >= 11 is 11.8. The lowest BCUT2D eigenvalue weighted by molar-refractivity contribution is 0.0954. The molecule has 0 unspecified atom stereocenters. The zero-order valence-corrected chi connectivity index (χ0v) is 16.4. The third-order valence-electron chi connectivity index (χ3n) is 4.69. The van der Waals surface area contributed by atoms with Gasteiger partial charge in [-0.1, -0.05) is 35.3 Å². The zero-order valence-electron chi connectivity index (χ0n) is 14.8. The third kappa shape index (κ3) is 4.91. The molecule has 4 nitrogen and oxygen atoms in total. The second-order valence-corrected chi connectivity index (χ2v) is 7.41. The molecule has 0 saturated carbocycles. The topological polar surface area (TPSA) is 35.6 Å². The predicted molar refractivity (Wildman–Crippen MR) is 109 cm³/mol. The van der Waals surface area contributed by atoms with Gasteiger partial charge in [-0.3, -0.25) is 4.79 Å². The quantitative estimate of drug-likeness (QED) is 0.843. The summed E-state index contributed by atoms with van der Waals surface area (Å²) in [7, 11) is 2.16. The Hall–Kier alpha value is -1.75. The van der Waals surface area contributed by atoms with Crippen LogP contribution in [0.5, 0.6) is 0 Å². The Morgan fingerprint density at radius 2 is 1.69 bits per heavy atom. The number of carbonyl (C=O) groups is 1. The smallest absolute Gasteiger partial charge is 0.251 e. The minimum atomic E-state index is -0.141. The molecule has 0 aliphatic carbocycles. The van der Waals surface area contributed by atoms with Gasteiger partial charge in [-0.15, -0.1) is 0 Å². The lowest BCUT2D eigenvalue weighted by atomic mass is 10.1. The Morgan fingerprint density at radius 3 is 2.35 bits per heavy atom. The van der Waals surface area contributed by atoms with E-state index in [1.165, 1.54) is 11.3 Å². The third-order valence-corrected chi connectivity index (χ3v) is 5.42. The molecular weight excluding hydrogens is 369 g/mol. The van der Waals surface area contributed by atoms with Crippen molar-refractivity contribution in [3.8, 4) is 0 Å². The van der Waals surface area contributed by atoms with Crippen molar-refractivity contribution in [1.29, 1.82) is 0 Å². The first-order chi connectivity index (χ1) is 12.5. The highest BCUT2D eigenvalue weighted by molar-refractivity contribution is 6.42. The monoisotopic (exact) mass is 391 g/mol. The lowest BCUT2D eigenvalue weighted by Gasteiger charge is -2.34. The molecule has 3 rings (SSSR count). The number of piperazine rings is 1. The number of anilines is 1. The van der Waals surface area contributed by atoms with Crippen molar-refractivity contribution in [2.75, 3.05) is 44.7 Å². The molecule has 1 fully saturated rings. The van der Waals surface area contributed by atoms with Crippen molar-refractivity contribution in [3.05, 3.63) is 63.6 Å². The van der Waals surface area contributed by atoms with Crippen molar-refractivity contribution in [1.82, 2.24) is 10.2 Å². The molecule has 1 N–H and O–H groups in total. The number of likely N-dealkylation sites (N-methyl/N-ethyl adjacent to an activating group) is 1. The van der Waals surface area contributed by atoms with E-state index in [9.17, 15) is 4.79 Å². The lowest BCUT2D eigenvalue weighted by Crippen LogP contribution is -2.44. The van der Waals surface area contributed by atoms with Gasteiger partial charge in [0.25, 0.3) is 5.91 Å². The maximum atomic E-state index is 12.2. The molecule has 2 aromatic rings. The highest BCUT2D eigenvalue weighted by Gasteiger charge is 2.14. The first-order valence-electron chi connectivity index (χ1n) is 8.78. The van der Waals surface area contributed by atoms with E-state index in [-0.39, 0.29) is 5.91 Å². The molecule has 0 bridgehead atoms. The van der Waals surface area contributed by atoms with Crippen LogP contribution < -0.4 is 10.2 Å². The molecule has 0 radical (unpaired) electrons. The number of halogens is 2. The summed E-state index contributed by atoms with van der Waals surface area (Å²) in [6.45, 7) is 4.91. The van der Waals surface area contributed by atoms with E-state index in [1.807, 2.05) is 0 Å². The van der Waals surface area contributed by atoms with Crippen LogP contribution in [-0.2, 0) is 6.42 Å². The number of hydrogen-bond acceptors (Lipinski definition) is 3. The molecule has 1 heterocycles. The predicted octanol–water partition coefficient (Wildman–Crippen LogP) is 3.72. The average molecular weight is 392 g/mol. The number of hydrogen-bond donors (Lipinski definition) is 1. The molecule has 1 aliphatic rings. The fraction of sp³-hybridized carbons (Fsp3) is 0.350. The van der Waals surface area contributed by atoms with Crippen LogP contribution in [0.15, 0.2) is 42.5 Å². The number of carbonyl (C=O) groups excluding carboxylic acids is 1. The van der Waals surface area contributed by atoms with Crippen molar-refractivity contribution in [3.63, 3.8) is 0 Å². The first-order valence-corrected chi connectivity index (χ1v) is 9.54. The van der Waals surface area contributed by atoms with Gasteiger partial charge in [0.15, 0.2) is 0 Å². The van der Waals surface area contributed by atoms with Crippen LogP contribution in [-0.4, -0.2) is 50.6 Å². The second kappa shape index (κ2) is 8.76. The number of nitrogens with one attached hydrogen (secondary N) is 1. The Balaban J connectivity index is 1.49. The van der Waals surface area contributed by atoms with E-state index in [1.54, 1.807) is 18.2 Å². The minimum absolute atomic E-state index is 0.141. The number of nitrogens with zero attached hydrogens (tertiary/aromatic N) is 2. The average Bonchev–Trinajstić information content (AvgIpc) is 2.65. The SMILES string of the molecule is CN1CCN(c2ccc(CCNC(=O)c3ccc(Cl)c(Cl)c3)cc2)CC1. The van der Waals surface area contributed by atoms with E-state index in [0.29, 0.717) is 22.2 Å². The van der Waals surface area contributed by atoms with E-state index in [4.69, 9.17) is 23.2 Å². The van der Waals surface area contributed by atoms with Crippen molar-refractivity contribution in [2.45, 2.75) is 6.42 Å². The molecule has 26 heavy (non-hydrogen) atoms. The van der Waals surface area contributed by atoms with Crippen LogP contribution in [0.2, 0.25) is 10.0 Å². The molecule has 0 aromatic heterocycles. The molecule has 1 amide bonds. The molecule has 138 valence electrons. The zero-order chi connectivity index (χ0) is 18.5. The fourth-order valence-corrected chi connectivity index (χ4v) is 3.30. The normalized spacial score (nSPS) is 15.1. The fourth-order valence-electron chi connectivity index (χ4n) is 3.00. The number of rotatable bonds is 5. The maximum Gasteiger partial charge on any atom is 0.251 e. The van der Waals surface area contributed by atoms with Gasteiger partial charge in [0.2, 0.25) is 0 Å². The second-order valence-electron chi connectivity index (χ2n) is 6.59. The first kappa shape index (κ1) is 19.0. The van der Waals surface area contributed by atoms with Gasteiger partial charge in [-0.05, 0) is 49.4 Å².